The molecule has 6 nitrogen and oxygen atoms in total. The minimum atomic E-state index is -4.06. The fraction of sp³-hybridized carbons (Fsp3) is 0.500. The van der Waals surface area contributed by atoms with Gasteiger partial charge in [-0.25, -0.2) is 22.0 Å². The number of sulfonamides is 2. The Hall–Kier alpha value is -0.960. The van der Waals surface area contributed by atoms with E-state index in [1.807, 2.05) is 0 Å². The quantitative estimate of drug-likeness (QED) is 0.878. The number of hydrogen-bond acceptors (Lipinski definition) is 4. The van der Waals surface area contributed by atoms with Crippen LogP contribution in [0.15, 0.2) is 34.1 Å². The molecule has 2 bridgehead atoms. The number of nitrogens with two attached hydrogens (primary N) is 1. The van der Waals surface area contributed by atoms with E-state index >= 15 is 0 Å². The molecule has 2 N–H and O–H groups in total. The van der Waals surface area contributed by atoms with Gasteiger partial charge in [-0.2, -0.15) is 4.31 Å². The summed E-state index contributed by atoms with van der Waals surface area (Å²) in [6.45, 7) is 0.478. The number of piperidine rings is 1. The lowest BCUT2D eigenvalue weighted by Crippen LogP contribution is -2.38. The van der Waals surface area contributed by atoms with Crippen molar-refractivity contribution in [2.75, 3.05) is 6.54 Å². The van der Waals surface area contributed by atoms with Crippen molar-refractivity contribution in [1.82, 2.24) is 4.31 Å². The van der Waals surface area contributed by atoms with E-state index in [0.717, 1.165) is 19.3 Å². The minimum Gasteiger partial charge on any atom is -0.225 e. The van der Waals surface area contributed by atoms with Crippen molar-refractivity contribution in [3.8, 4) is 0 Å². The van der Waals surface area contributed by atoms with Crippen molar-refractivity contribution in [2.24, 2.45) is 11.1 Å². The van der Waals surface area contributed by atoms with E-state index in [2.05, 4.69) is 0 Å². The number of benzene rings is 1. The Labute approximate surface area is 118 Å². The van der Waals surface area contributed by atoms with Gasteiger partial charge in [0.25, 0.3) is 0 Å². The van der Waals surface area contributed by atoms with Gasteiger partial charge < -0.3 is 0 Å². The van der Waals surface area contributed by atoms with E-state index in [9.17, 15) is 16.8 Å². The molecule has 3 rings (SSSR count). The Bertz CT molecular complexity index is 742. The molecule has 2 fully saturated rings. The summed E-state index contributed by atoms with van der Waals surface area (Å²) in [6.07, 6.45) is 2.77. The second-order valence-corrected chi connectivity index (χ2v) is 8.79. The molecule has 0 radical (unpaired) electrons. The highest BCUT2D eigenvalue weighted by Gasteiger charge is 2.45. The van der Waals surface area contributed by atoms with Crippen LogP contribution in [-0.2, 0) is 20.0 Å². The molecule has 0 aromatic heterocycles. The maximum Gasteiger partial charge on any atom is 0.244 e. The fourth-order valence-corrected chi connectivity index (χ4v) is 6.30. The van der Waals surface area contributed by atoms with Crippen LogP contribution < -0.4 is 5.14 Å². The Balaban J connectivity index is 2.09. The number of nitrogens with zero attached hydrogens (tertiary/aromatic N) is 1. The Morgan fingerprint density at radius 3 is 2.20 bits per heavy atom. The summed E-state index contributed by atoms with van der Waals surface area (Å²) in [7, 11) is -7.87. The van der Waals surface area contributed by atoms with Crippen LogP contribution in [0.3, 0.4) is 0 Å². The second kappa shape index (κ2) is 4.52. The van der Waals surface area contributed by atoms with Gasteiger partial charge in [0.1, 0.15) is 9.79 Å². The summed E-state index contributed by atoms with van der Waals surface area (Å²) in [6, 6.07) is 5.51. The first-order chi connectivity index (χ1) is 9.30. The lowest BCUT2D eigenvalue weighted by atomic mass is 10.1. The van der Waals surface area contributed by atoms with E-state index in [0.29, 0.717) is 12.5 Å². The van der Waals surface area contributed by atoms with Crippen molar-refractivity contribution >= 4 is 20.0 Å². The zero-order chi connectivity index (χ0) is 14.5. The first-order valence-electron chi connectivity index (χ1n) is 6.44. The molecule has 0 amide bonds. The lowest BCUT2D eigenvalue weighted by Gasteiger charge is -2.26. The molecule has 110 valence electrons. The second-order valence-electron chi connectivity index (χ2n) is 5.40. The number of primary sulfonamides is 1. The highest BCUT2D eigenvalue weighted by atomic mass is 32.2. The SMILES string of the molecule is NS(=O)(=O)c1ccccc1S(=O)(=O)N1CC2CCC1C2. The predicted molar refractivity (Wildman–Crippen MR) is 72.8 cm³/mol. The maximum absolute atomic E-state index is 12.7. The normalized spacial score (nSPS) is 27.1. The van der Waals surface area contributed by atoms with Crippen LogP contribution in [0.25, 0.3) is 0 Å². The third-order valence-corrected chi connectivity index (χ3v) is 7.18. The van der Waals surface area contributed by atoms with Crippen molar-refractivity contribution in [1.29, 1.82) is 0 Å². The molecule has 20 heavy (non-hydrogen) atoms. The summed E-state index contributed by atoms with van der Waals surface area (Å²) < 4.78 is 50.0. The van der Waals surface area contributed by atoms with Gasteiger partial charge in [0, 0.05) is 12.6 Å². The van der Waals surface area contributed by atoms with Gasteiger partial charge in [0.2, 0.25) is 20.0 Å². The van der Waals surface area contributed by atoms with E-state index < -0.39 is 20.0 Å². The van der Waals surface area contributed by atoms with E-state index in [1.165, 1.54) is 28.6 Å². The third kappa shape index (κ3) is 2.16. The average molecular weight is 316 g/mol. The van der Waals surface area contributed by atoms with Crippen molar-refractivity contribution < 1.29 is 16.8 Å². The summed E-state index contributed by atoms with van der Waals surface area (Å²) in [5.41, 5.74) is 0. The molecule has 1 aliphatic carbocycles. The molecule has 2 atom stereocenters. The van der Waals surface area contributed by atoms with Gasteiger partial charge >= 0.3 is 0 Å². The van der Waals surface area contributed by atoms with Gasteiger partial charge in [0.15, 0.2) is 0 Å². The molecular formula is C12H16N2O4S2. The molecular weight excluding hydrogens is 300 g/mol. The Morgan fingerprint density at radius 1 is 1.05 bits per heavy atom. The Kier molecular flexibility index (Phi) is 3.16. The lowest BCUT2D eigenvalue weighted by molar-refractivity contribution is 0.333. The number of rotatable bonds is 3. The van der Waals surface area contributed by atoms with Gasteiger partial charge in [-0.15, -0.1) is 0 Å². The average Bonchev–Trinajstić information content (AvgIpc) is 3.00. The predicted octanol–water partition coefficient (Wildman–Crippen LogP) is 0.507. The van der Waals surface area contributed by atoms with Crippen LogP contribution in [0.1, 0.15) is 19.3 Å². The zero-order valence-electron chi connectivity index (χ0n) is 10.8. The fourth-order valence-electron chi connectivity index (χ4n) is 3.20. The minimum absolute atomic E-state index is 0.00136. The van der Waals surface area contributed by atoms with Crippen LogP contribution in [0.4, 0.5) is 0 Å². The monoisotopic (exact) mass is 316 g/mol. The van der Waals surface area contributed by atoms with Crippen LogP contribution in [-0.4, -0.2) is 33.7 Å². The molecule has 2 unspecified atom stereocenters. The first-order valence-corrected chi connectivity index (χ1v) is 9.42. The van der Waals surface area contributed by atoms with Crippen molar-refractivity contribution in [3.05, 3.63) is 24.3 Å². The Morgan fingerprint density at radius 2 is 1.70 bits per heavy atom. The summed E-state index contributed by atoms with van der Waals surface area (Å²) >= 11 is 0. The highest BCUT2D eigenvalue weighted by molar-refractivity contribution is 7.92. The van der Waals surface area contributed by atoms with Gasteiger partial charge in [-0.1, -0.05) is 12.1 Å². The summed E-state index contributed by atoms with van der Waals surface area (Å²) in [4.78, 5) is -0.544. The maximum atomic E-state index is 12.7. The highest BCUT2D eigenvalue weighted by Crippen LogP contribution is 2.41. The van der Waals surface area contributed by atoms with Crippen molar-refractivity contribution in [3.63, 3.8) is 0 Å². The molecule has 1 heterocycles. The zero-order valence-corrected chi connectivity index (χ0v) is 12.4. The van der Waals surface area contributed by atoms with Crippen LogP contribution in [0.2, 0.25) is 0 Å². The first kappa shape index (κ1) is 14.0. The van der Waals surface area contributed by atoms with Gasteiger partial charge in [-0.3, -0.25) is 0 Å². The molecule has 1 aromatic rings. The molecule has 1 saturated heterocycles. The van der Waals surface area contributed by atoms with Crippen LogP contribution in [0, 0.1) is 5.92 Å². The van der Waals surface area contributed by atoms with E-state index in [4.69, 9.17) is 5.14 Å². The van der Waals surface area contributed by atoms with Gasteiger partial charge in [0.05, 0.1) is 0 Å². The van der Waals surface area contributed by atoms with Gasteiger partial charge in [-0.05, 0) is 37.3 Å². The largest absolute Gasteiger partial charge is 0.244 e. The summed E-state index contributed by atoms with van der Waals surface area (Å²) in [5, 5.41) is 5.12. The van der Waals surface area contributed by atoms with Crippen LogP contribution in [0.5, 0.6) is 0 Å². The topological polar surface area (TPSA) is 97.5 Å². The number of hydrogen-bond donors (Lipinski definition) is 1. The molecule has 0 spiro atoms. The molecule has 8 heteroatoms. The van der Waals surface area contributed by atoms with Crippen molar-refractivity contribution in [2.45, 2.75) is 35.1 Å². The summed E-state index contributed by atoms with van der Waals surface area (Å²) in [5.74, 6) is 0.399. The van der Waals surface area contributed by atoms with E-state index in [-0.39, 0.29) is 15.8 Å². The molecule has 1 saturated carbocycles. The molecule has 1 aliphatic heterocycles. The third-order valence-electron chi connectivity index (χ3n) is 4.10. The van der Waals surface area contributed by atoms with Crippen LogP contribution >= 0.6 is 0 Å². The van der Waals surface area contributed by atoms with E-state index in [1.54, 1.807) is 0 Å². The number of fused-ring (bicyclic) bond motifs is 2. The standard InChI is InChI=1S/C12H16N2O4S2/c13-19(15,16)11-3-1-2-4-12(11)20(17,18)14-8-9-5-6-10(14)7-9/h1-4,9-10H,5-8H2,(H2,13,15,16). The molecule has 1 aromatic carbocycles. The molecule has 2 aliphatic rings. The smallest absolute Gasteiger partial charge is 0.225 e.